The first-order valence-electron chi connectivity index (χ1n) is 15.8. The molecule has 0 fully saturated rings. The quantitative estimate of drug-likeness (QED) is 0.177. The third-order valence-corrected chi connectivity index (χ3v) is 9.33. The van der Waals surface area contributed by atoms with Crippen LogP contribution in [-0.2, 0) is 0 Å². The average Bonchev–Trinajstić information content (AvgIpc) is 3.67. The molecule has 0 unspecified atom stereocenters. The molecule has 0 amide bonds. The molecule has 4 heteroatoms. The number of para-hydroxylation sites is 5. The van der Waals surface area contributed by atoms with Gasteiger partial charge in [0.2, 0.25) is 0 Å². The summed E-state index contributed by atoms with van der Waals surface area (Å²) in [4.78, 5) is 7.77. The van der Waals surface area contributed by atoms with Crippen molar-refractivity contribution in [2.45, 2.75) is 0 Å². The topological polar surface area (TPSA) is 18.6 Å². The molecule has 222 valence electrons. The highest BCUT2D eigenvalue weighted by molar-refractivity contribution is 6.11. The second-order valence-corrected chi connectivity index (χ2v) is 11.9. The number of fused-ring (bicyclic) bond motifs is 6. The van der Waals surface area contributed by atoms with Crippen LogP contribution in [0.15, 0.2) is 158 Å². The second-order valence-electron chi connectivity index (χ2n) is 11.9. The zero-order valence-corrected chi connectivity index (χ0v) is 25.8. The molecule has 2 heterocycles. The molecular formula is C44H26N4. The van der Waals surface area contributed by atoms with E-state index in [0.717, 1.165) is 55.7 Å². The zero-order chi connectivity index (χ0) is 32.2. The smallest absolute Gasteiger partial charge is 0.189 e. The molecule has 7 aromatic carbocycles. The summed E-state index contributed by atoms with van der Waals surface area (Å²) < 4.78 is 4.58. The molecule has 0 aliphatic heterocycles. The second kappa shape index (κ2) is 10.9. The summed E-state index contributed by atoms with van der Waals surface area (Å²) in [6, 6.07) is 54.3. The lowest BCUT2D eigenvalue weighted by Crippen LogP contribution is -1.98. The number of rotatable bonds is 4. The Morgan fingerprint density at radius 2 is 0.875 bits per heavy atom. The fraction of sp³-hybridized carbons (Fsp3) is 0. The van der Waals surface area contributed by atoms with Crippen LogP contribution >= 0.6 is 0 Å². The Balaban J connectivity index is 1.32. The SMILES string of the molecule is [C-]#[N+]c1cc(-c2ccc([N+]#[C-])cc2-c2ccccc2-n2c3ccccc3c3ccccc32)cc(-n2c3ccccc3c3ccccc32)c1. The van der Waals surface area contributed by atoms with Gasteiger partial charge in [-0.2, -0.15) is 0 Å². The van der Waals surface area contributed by atoms with E-state index in [9.17, 15) is 0 Å². The molecule has 0 spiro atoms. The van der Waals surface area contributed by atoms with Gasteiger partial charge in [-0.15, -0.1) is 0 Å². The maximum atomic E-state index is 8.09. The minimum Gasteiger partial charge on any atom is -0.310 e. The lowest BCUT2D eigenvalue weighted by Gasteiger charge is -2.18. The Bertz CT molecular complexity index is 2710. The van der Waals surface area contributed by atoms with Crippen molar-refractivity contribution in [2.75, 3.05) is 0 Å². The van der Waals surface area contributed by atoms with Crippen molar-refractivity contribution < 1.29 is 0 Å². The molecule has 48 heavy (non-hydrogen) atoms. The van der Waals surface area contributed by atoms with Gasteiger partial charge in [0, 0.05) is 32.8 Å². The predicted octanol–water partition coefficient (Wildman–Crippen LogP) is 12.3. The van der Waals surface area contributed by atoms with Crippen molar-refractivity contribution in [2.24, 2.45) is 0 Å². The monoisotopic (exact) mass is 610 g/mol. The lowest BCUT2D eigenvalue weighted by atomic mass is 9.92. The van der Waals surface area contributed by atoms with Crippen LogP contribution in [0.25, 0.3) is 86.9 Å². The molecular weight excluding hydrogens is 585 g/mol. The van der Waals surface area contributed by atoms with Crippen LogP contribution in [0.4, 0.5) is 11.4 Å². The van der Waals surface area contributed by atoms with Gasteiger partial charge in [-0.05, 0) is 71.3 Å². The van der Waals surface area contributed by atoms with Crippen LogP contribution in [0, 0.1) is 13.1 Å². The molecule has 9 rings (SSSR count). The standard InChI is InChI=1S/C44H26N4/c1-45-30-23-24-33(29-25-31(46-2)27-32(26-29)47-40-18-8-3-13-34(40)35-14-4-9-19-41(35)47)39(28-30)38-17-7-12-22-44(38)48-42-20-10-5-15-36(42)37-16-6-11-21-43(37)48/h3-28H. The molecule has 0 aliphatic rings. The van der Waals surface area contributed by atoms with Crippen molar-refractivity contribution >= 4 is 55.0 Å². The van der Waals surface area contributed by atoms with E-state index in [2.05, 4.69) is 146 Å². The maximum Gasteiger partial charge on any atom is 0.189 e. The summed E-state index contributed by atoms with van der Waals surface area (Å²) in [6.07, 6.45) is 0. The molecule has 4 nitrogen and oxygen atoms in total. The normalized spacial score (nSPS) is 11.3. The van der Waals surface area contributed by atoms with E-state index in [1.165, 1.54) is 21.5 Å². The highest BCUT2D eigenvalue weighted by Crippen LogP contribution is 2.43. The Kier molecular flexibility index (Phi) is 6.22. The molecule has 0 N–H and O–H groups in total. The third kappa shape index (κ3) is 4.14. The first-order chi connectivity index (χ1) is 23.7. The fourth-order valence-corrected chi connectivity index (χ4v) is 7.30. The summed E-state index contributed by atoms with van der Waals surface area (Å²) in [5, 5.41) is 4.73. The molecule has 0 radical (unpaired) electrons. The summed E-state index contributed by atoms with van der Waals surface area (Å²) >= 11 is 0. The Morgan fingerprint density at radius 1 is 0.375 bits per heavy atom. The van der Waals surface area contributed by atoms with Gasteiger partial charge < -0.3 is 9.13 Å². The Labute approximate surface area is 277 Å². The van der Waals surface area contributed by atoms with Crippen molar-refractivity contribution in [1.82, 2.24) is 9.13 Å². The fourth-order valence-electron chi connectivity index (χ4n) is 7.30. The first kappa shape index (κ1) is 27.4. The van der Waals surface area contributed by atoms with E-state index in [4.69, 9.17) is 13.1 Å². The van der Waals surface area contributed by atoms with Crippen LogP contribution in [0.3, 0.4) is 0 Å². The number of nitrogens with zero attached hydrogens (tertiary/aromatic N) is 4. The minimum atomic E-state index is 0.556. The van der Waals surface area contributed by atoms with E-state index in [1.54, 1.807) is 0 Å². The van der Waals surface area contributed by atoms with E-state index in [-0.39, 0.29) is 0 Å². The van der Waals surface area contributed by atoms with E-state index < -0.39 is 0 Å². The van der Waals surface area contributed by atoms with Crippen LogP contribution < -0.4 is 0 Å². The van der Waals surface area contributed by atoms with Crippen molar-refractivity contribution in [3.63, 3.8) is 0 Å². The number of hydrogen-bond acceptors (Lipinski definition) is 0. The van der Waals surface area contributed by atoms with Crippen LogP contribution in [0.5, 0.6) is 0 Å². The van der Waals surface area contributed by atoms with Gasteiger partial charge in [0.15, 0.2) is 11.4 Å². The number of hydrogen-bond donors (Lipinski definition) is 0. The van der Waals surface area contributed by atoms with Crippen LogP contribution in [0.2, 0.25) is 0 Å². The zero-order valence-electron chi connectivity index (χ0n) is 25.8. The lowest BCUT2D eigenvalue weighted by molar-refractivity contribution is 1.18. The molecule has 0 aliphatic carbocycles. The molecule has 2 aromatic heterocycles. The summed E-state index contributed by atoms with van der Waals surface area (Å²) in [5.74, 6) is 0. The van der Waals surface area contributed by atoms with Gasteiger partial charge in [-0.1, -0.05) is 103 Å². The molecule has 0 bridgehead atoms. The highest BCUT2D eigenvalue weighted by Gasteiger charge is 2.19. The predicted molar refractivity (Wildman–Crippen MR) is 199 cm³/mol. The molecule has 0 saturated heterocycles. The summed E-state index contributed by atoms with van der Waals surface area (Å²) in [5.41, 5.74) is 11.3. The molecule has 9 aromatic rings. The average molecular weight is 611 g/mol. The van der Waals surface area contributed by atoms with E-state index >= 15 is 0 Å². The number of aromatic nitrogens is 2. The van der Waals surface area contributed by atoms with Gasteiger partial charge in [0.05, 0.1) is 40.9 Å². The molecule has 0 saturated carbocycles. The van der Waals surface area contributed by atoms with Crippen LogP contribution in [-0.4, -0.2) is 9.13 Å². The largest absolute Gasteiger partial charge is 0.310 e. The van der Waals surface area contributed by atoms with E-state index in [0.29, 0.717) is 11.4 Å². The summed E-state index contributed by atoms with van der Waals surface area (Å²) in [7, 11) is 0. The van der Waals surface area contributed by atoms with Gasteiger partial charge in [-0.25, -0.2) is 9.69 Å². The van der Waals surface area contributed by atoms with Gasteiger partial charge in [0.25, 0.3) is 0 Å². The van der Waals surface area contributed by atoms with Gasteiger partial charge in [-0.3, -0.25) is 0 Å². The summed E-state index contributed by atoms with van der Waals surface area (Å²) in [6.45, 7) is 16.0. The highest BCUT2D eigenvalue weighted by atomic mass is 15.0. The first-order valence-corrected chi connectivity index (χ1v) is 15.8. The maximum absolute atomic E-state index is 8.09. The van der Waals surface area contributed by atoms with E-state index in [1.807, 2.05) is 30.3 Å². The third-order valence-electron chi connectivity index (χ3n) is 9.33. The number of benzene rings is 7. The van der Waals surface area contributed by atoms with Crippen molar-refractivity contribution in [3.8, 4) is 33.6 Å². The van der Waals surface area contributed by atoms with Crippen LogP contribution in [0.1, 0.15) is 0 Å². The Morgan fingerprint density at radius 3 is 1.44 bits per heavy atom. The minimum absolute atomic E-state index is 0.556. The van der Waals surface area contributed by atoms with Gasteiger partial charge in [0.1, 0.15) is 0 Å². The Hall–Kier alpha value is -6.88. The van der Waals surface area contributed by atoms with Crippen molar-refractivity contribution in [1.29, 1.82) is 0 Å². The molecule has 0 atom stereocenters. The van der Waals surface area contributed by atoms with Crippen molar-refractivity contribution in [3.05, 3.63) is 181 Å². The van der Waals surface area contributed by atoms with Gasteiger partial charge >= 0.3 is 0 Å².